The fraction of sp³-hybridized carbons (Fsp3) is 0.168. The van der Waals surface area contributed by atoms with Crippen molar-refractivity contribution in [1.29, 1.82) is 0 Å². The number of rotatable bonds is 30. The van der Waals surface area contributed by atoms with E-state index in [9.17, 15) is 68.4 Å². The average Bonchev–Trinajstić information content (AvgIpc) is 1.61. The van der Waals surface area contributed by atoms with E-state index in [0.29, 0.717) is 84.5 Å². The molecular formula is C113H96N4O18. The number of esters is 2. The summed E-state index contributed by atoms with van der Waals surface area (Å²) in [5.74, 6) is -3.16. The highest BCUT2D eigenvalue weighted by molar-refractivity contribution is 6.36. The van der Waals surface area contributed by atoms with Crippen LogP contribution in [0.25, 0.3) is 0 Å². The first-order valence-corrected chi connectivity index (χ1v) is 43.8. The molecular weight excluding hydrogens is 1700 g/mol. The smallest absolute Gasteiger partial charge is 0.343 e. The van der Waals surface area contributed by atoms with Gasteiger partial charge in [0.15, 0.2) is 23.1 Å². The number of phenols is 4. The molecule has 0 saturated carbocycles. The van der Waals surface area contributed by atoms with Gasteiger partial charge < -0.3 is 49.6 Å². The van der Waals surface area contributed by atoms with Crippen LogP contribution in [0.1, 0.15) is 217 Å². The van der Waals surface area contributed by atoms with Crippen LogP contribution in [0.5, 0.6) is 57.5 Å². The predicted molar refractivity (Wildman–Crippen MR) is 516 cm³/mol. The van der Waals surface area contributed by atoms with Crippen molar-refractivity contribution in [3.63, 3.8) is 0 Å². The third kappa shape index (κ3) is 19.1. The van der Waals surface area contributed by atoms with Gasteiger partial charge in [-0.1, -0.05) is 114 Å². The van der Waals surface area contributed by atoms with Gasteiger partial charge in [-0.2, -0.15) is 0 Å². The molecule has 0 aliphatic carbocycles. The van der Waals surface area contributed by atoms with E-state index in [1.165, 1.54) is 54.6 Å². The molecule has 135 heavy (non-hydrogen) atoms. The third-order valence-electron chi connectivity index (χ3n) is 25.4. The van der Waals surface area contributed by atoms with Crippen molar-refractivity contribution in [1.82, 2.24) is 0 Å². The molecule has 2 aliphatic heterocycles. The van der Waals surface area contributed by atoms with Gasteiger partial charge in [-0.05, 0) is 277 Å². The number of phenolic OH excluding ortho intramolecular Hbond substituents is 4. The summed E-state index contributed by atoms with van der Waals surface area (Å²) < 4.78 is 23.7. The van der Waals surface area contributed by atoms with E-state index in [1.54, 1.807) is 195 Å². The lowest BCUT2D eigenvalue weighted by molar-refractivity contribution is 0.0725. The number of ketones is 4. The lowest BCUT2D eigenvalue weighted by Crippen LogP contribution is -2.30. The SMILES string of the molecule is CNc1cc(C)cc(OC(=O)c2ccc3c(c2)C(=O)N(c2cc(C(C)(C)c4ccc(O)c(CC(=O)c5ccc(Oc6ccc(C(=O)Cc7cc(C(C)(C)c8ccc(O)c(CC(=O)c9ccc(Oc%10ccc(C(=O)Cc%11cc(C(C)(C)c%12cccc(N%13C(=O)c%14ccc(C(=O)Oc%15cc(C)cc(N(C)C)c%15)cc%14C%13=O)c%12)ccc%11C)cc%10)cc9)c8)ccc7O)cc6)cc5)c4)ccc2O)C3=O)c1. The molecule has 0 saturated heterocycles. The Kier molecular flexibility index (Phi) is 25.1. The van der Waals surface area contributed by atoms with Crippen molar-refractivity contribution in [3.05, 3.63) is 413 Å². The van der Waals surface area contributed by atoms with Gasteiger partial charge in [0.05, 0.1) is 44.8 Å². The molecule has 0 spiro atoms. The van der Waals surface area contributed by atoms with Crippen LogP contribution in [0.2, 0.25) is 0 Å². The maximum atomic E-state index is 14.1. The van der Waals surface area contributed by atoms with E-state index in [1.807, 2.05) is 124 Å². The van der Waals surface area contributed by atoms with Gasteiger partial charge in [0.2, 0.25) is 0 Å². The molecule has 4 amide bonds. The first-order chi connectivity index (χ1) is 64.3. The summed E-state index contributed by atoms with van der Waals surface area (Å²) in [5, 5.41) is 47.7. The second-order valence-electron chi connectivity index (χ2n) is 35.9. The van der Waals surface area contributed by atoms with Crippen molar-refractivity contribution in [2.45, 2.75) is 104 Å². The van der Waals surface area contributed by atoms with Gasteiger partial charge in [0, 0.05) is 126 Å². The molecule has 22 heteroatoms. The van der Waals surface area contributed by atoms with E-state index < -0.39 is 51.8 Å². The number of nitrogens with one attached hydrogen (secondary N) is 1. The molecule has 14 aromatic rings. The molecule has 0 fully saturated rings. The normalized spacial score (nSPS) is 12.4. The number of aryl methyl sites for hydroxylation is 3. The average molecular weight is 1800 g/mol. The maximum Gasteiger partial charge on any atom is 0.343 e. The first kappa shape index (κ1) is 91.7. The van der Waals surface area contributed by atoms with E-state index >= 15 is 0 Å². The molecule has 2 heterocycles. The van der Waals surface area contributed by atoms with Crippen LogP contribution in [0.15, 0.2) is 285 Å². The second-order valence-corrected chi connectivity index (χ2v) is 35.9. The maximum absolute atomic E-state index is 14.1. The fourth-order valence-corrected chi connectivity index (χ4v) is 16.9. The number of benzene rings is 14. The molecule has 0 aromatic heterocycles. The van der Waals surface area contributed by atoms with Gasteiger partial charge >= 0.3 is 11.9 Å². The number of fused-ring (bicyclic) bond motifs is 2. The Hall–Kier alpha value is -16.6. The lowest BCUT2D eigenvalue weighted by Gasteiger charge is -2.28. The fourth-order valence-electron chi connectivity index (χ4n) is 16.9. The highest BCUT2D eigenvalue weighted by Gasteiger charge is 2.42. The number of hydrogen-bond acceptors (Lipinski definition) is 20. The number of hydrogen-bond donors (Lipinski definition) is 5. The summed E-state index contributed by atoms with van der Waals surface area (Å²) in [7, 11) is 5.51. The molecule has 0 atom stereocenters. The van der Waals surface area contributed by atoms with Crippen molar-refractivity contribution in [3.8, 4) is 57.5 Å². The van der Waals surface area contributed by atoms with Gasteiger partial charge in [-0.15, -0.1) is 0 Å². The highest BCUT2D eigenvalue weighted by Crippen LogP contribution is 2.45. The minimum Gasteiger partial charge on any atom is -0.508 e. The zero-order chi connectivity index (χ0) is 96.0. The van der Waals surface area contributed by atoms with Crippen LogP contribution in [-0.4, -0.2) is 100 Å². The lowest BCUT2D eigenvalue weighted by atomic mass is 9.76. The summed E-state index contributed by atoms with van der Waals surface area (Å²) in [6.07, 6.45) is -0.358. The number of Topliss-reactive ketones (excluding diaryl/α,β-unsaturated/α-hetero) is 4. The molecule has 16 rings (SSSR count). The van der Waals surface area contributed by atoms with E-state index in [4.69, 9.17) is 18.9 Å². The van der Waals surface area contributed by atoms with Gasteiger partial charge in [0.25, 0.3) is 23.6 Å². The summed E-state index contributed by atoms with van der Waals surface area (Å²) >= 11 is 0. The van der Waals surface area contributed by atoms with Crippen LogP contribution in [-0.2, 0) is 41.9 Å². The van der Waals surface area contributed by atoms with Gasteiger partial charge in [-0.3, -0.25) is 38.4 Å². The zero-order valence-electron chi connectivity index (χ0n) is 76.3. The number of ether oxygens (including phenoxy) is 4. The number of imide groups is 2. The minimum absolute atomic E-state index is 0.0368. The highest BCUT2D eigenvalue weighted by atomic mass is 16.5. The summed E-state index contributed by atoms with van der Waals surface area (Å²) in [4.78, 5) is 143. The summed E-state index contributed by atoms with van der Waals surface area (Å²) in [5.41, 5.74) is 10.6. The molecule has 0 radical (unpaired) electrons. The number of carbonyl (C=O) groups is 10. The third-order valence-corrected chi connectivity index (χ3v) is 25.4. The Morgan fingerprint density at radius 1 is 0.326 bits per heavy atom. The van der Waals surface area contributed by atoms with Crippen molar-refractivity contribution in [2.75, 3.05) is 41.2 Å². The summed E-state index contributed by atoms with van der Waals surface area (Å²) in [6, 6.07) is 78.5. The Morgan fingerprint density at radius 3 is 1.08 bits per heavy atom. The number of carbonyl (C=O) groups excluding carboxylic acids is 10. The van der Waals surface area contributed by atoms with E-state index in [-0.39, 0.29) is 117 Å². The predicted octanol–water partition coefficient (Wildman–Crippen LogP) is 21.8. The molecule has 2 aliphatic rings. The molecule has 0 bridgehead atoms. The molecule has 22 nitrogen and oxygen atoms in total. The number of anilines is 4. The van der Waals surface area contributed by atoms with Gasteiger partial charge in [0.1, 0.15) is 57.5 Å². The Bertz CT molecular complexity index is 7210. The van der Waals surface area contributed by atoms with Crippen LogP contribution >= 0.6 is 0 Å². The zero-order valence-corrected chi connectivity index (χ0v) is 76.3. The summed E-state index contributed by atoms with van der Waals surface area (Å²) in [6.45, 7) is 17.5. The molecule has 676 valence electrons. The van der Waals surface area contributed by atoms with Crippen LogP contribution in [0.4, 0.5) is 22.7 Å². The van der Waals surface area contributed by atoms with Crippen molar-refractivity contribution >= 4 is 81.4 Å². The van der Waals surface area contributed by atoms with E-state index in [2.05, 4.69) is 5.32 Å². The van der Waals surface area contributed by atoms with Crippen molar-refractivity contribution in [2.24, 2.45) is 0 Å². The standard InChI is InChI=1S/C113H96N4O18/c1-64-46-83(114-10)62-90(48-64)134-109(130)72-26-41-93-95(55-72)108(129)117(106(93)127)96-61-82(31-45-100(96)121)113(8,9)81-30-44-99(120)76(53-81)59-104(125)70-23-38-89(39-24-70)133-88-36-21-69(22-37-88)103(124)58-75-52-80(29-43-98(75)119)112(6,7)79-28-42-97(118)74(51-79)57-102(123)68-19-34-87(35-20-68)132-86-32-17-67(18-33-86)101(122)56-73-50-78(27-16-66(73)3)111(4,5)77-14-13-15-84(60-77)116-105(126)92-40-25-71(54-94(92)107(116)128)110(131)135-91-49-65(2)47-85(63-91)115(11)12/h13-55,60-63,114,118-121H,56-59H2,1-12H3. The largest absolute Gasteiger partial charge is 0.508 e. The number of nitrogens with zero attached hydrogens (tertiary/aromatic N) is 3. The Labute approximate surface area is 780 Å². The number of amides is 4. The molecule has 14 aromatic carbocycles. The van der Waals surface area contributed by atoms with Gasteiger partial charge in [-0.25, -0.2) is 19.4 Å². The van der Waals surface area contributed by atoms with Crippen molar-refractivity contribution < 1.29 is 87.3 Å². The van der Waals surface area contributed by atoms with Crippen LogP contribution in [0.3, 0.4) is 0 Å². The Balaban J connectivity index is 0.497. The molecule has 5 N–H and O–H groups in total. The van der Waals surface area contributed by atoms with Crippen LogP contribution in [0, 0.1) is 20.8 Å². The number of aromatic hydroxyl groups is 4. The second kappa shape index (κ2) is 37.0. The Morgan fingerprint density at radius 2 is 0.667 bits per heavy atom. The van der Waals surface area contributed by atoms with Crippen LogP contribution < -0.4 is 39.0 Å². The monoisotopic (exact) mass is 1800 g/mol. The minimum atomic E-state index is -0.890. The quantitative estimate of drug-likeness (QED) is 0.0121. The topological polar surface area (TPSA) is 310 Å². The van der Waals surface area contributed by atoms with E-state index in [0.717, 1.165) is 65.7 Å². The first-order valence-electron chi connectivity index (χ1n) is 43.8. The molecule has 0 unspecified atom stereocenters.